The van der Waals surface area contributed by atoms with Crippen molar-refractivity contribution in [2.45, 2.75) is 20.3 Å². The molecular weight excluding hydrogens is 250 g/mol. The van der Waals surface area contributed by atoms with Gasteiger partial charge in [-0.2, -0.15) is 10.1 Å². The molecule has 1 aromatic heterocycles. The van der Waals surface area contributed by atoms with E-state index in [0.717, 1.165) is 24.5 Å². The highest BCUT2D eigenvalue weighted by molar-refractivity contribution is 5.58. The number of hydrogen-bond acceptors (Lipinski definition) is 5. The zero-order chi connectivity index (χ0) is 14.4. The summed E-state index contributed by atoms with van der Waals surface area (Å²) in [6.45, 7) is 5.25. The van der Waals surface area contributed by atoms with Crippen LogP contribution in [0.3, 0.4) is 0 Å². The topological polar surface area (TPSA) is 53.9 Å². The van der Waals surface area contributed by atoms with Gasteiger partial charge in [-0.15, -0.1) is 5.10 Å². The second-order valence-electron chi connectivity index (χ2n) is 5.14. The van der Waals surface area contributed by atoms with Crippen LogP contribution in [-0.4, -0.2) is 28.8 Å². The fraction of sp³-hybridized carbons (Fsp3) is 0.400. The molecule has 20 heavy (non-hydrogen) atoms. The molecule has 5 heteroatoms. The minimum absolute atomic E-state index is 0.575. The zero-order valence-electron chi connectivity index (χ0n) is 12.2. The zero-order valence-corrected chi connectivity index (χ0v) is 12.2. The highest BCUT2D eigenvalue weighted by Crippen LogP contribution is 2.20. The van der Waals surface area contributed by atoms with Crippen LogP contribution in [0.2, 0.25) is 0 Å². The number of anilines is 3. The van der Waals surface area contributed by atoms with Gasteiger partial charge in [-0.25, -0.2) is 0 Å². The maximum atomic E-state index is 4.49. The second kappa shape index (κ2) is 6.84. The quantitative estimate of drug-likeness (QED) is 0.875. The highest BCUT2D eigenvalue weighted by Gasteiger charge is 2.07. The van der Waals surface area contributed by atoms with Crippen LogP contribution in [0.1, 0.15) is 20.3 Å². The summed E-state index contributed by atoms with van der Waals surface area (Å²) in [7, 11) is 1.97. The van der Waals surface area contributed by atoms with Crippen molar-refractivity contribution in [3.05, 3.63) is 36.5 Å². The average molecular weight is 271 g/mol. The molecule has 106 valence electrons. The molecule has 0 bridgehead atoms. The van der Waals surface area contributed by atoms with Gasteiger partial charge in [-0.1, -0.05) is 32.0 Å². The molecule has 1 heterocycles. The normalized spacial score (nSPS) is 10.6. The summed E-state index contributed by atoms with van der Waals surface area (Å²) in [4.78, 5) is 6.48. The lowest BCUT2D eigenvalue weighted by Gasteiger charge is -2.18. The van der Waals surface area contributed by atoms with Gasteiger partial charge in [-0.05, 0) is 24.5 Å². The number of benzene rings is 1. The molecule has 0 aliphatic rings. The van der Waals surface area contributed by atoms with Crippen LogP contribution in [0.5, 0.6) is 0 Å². The third kappa shape index (κ3) is 3.91. The van der Waals surface area contributed by atoms with Crippen LogP contribution < -0.4 is 10.2 Å². The first kappa shape index (κ1) is 14.2. The van der Waals surface area contributed by atoms with Crippen molar-refractivity contribution >= 4 is 17.5 Å². The van der Waals surface area contributed by atoms with Gasteiger partial charge in [0.15, 0.2) is 5.82 Å². The Balaban J connectivity index is 2.05. The van der Waals surface area contributed by atoms with E-state index in [1.807, 2.05) is 42.3 Å². The second-order valence-corrected chi connectivity index (χ2v) is 5.14. The summed E-state index contributed by atoms with van der Waals surface area (Å²) < 4.78 is 0. The Bertz CT molecular complexity index is 527. The van der Waals surface area contributed by atoms with Gasteiger partial charge in [0.2, 0.25) is 5.95 Å². The Morgan fingerprint density at radius 2 is 1.95 bits per heavy atom. The van der Waals surface area contributed by atoms with E-state index >= 15 is 0 Å². The first-order valence-corrected chi connectivity index (χ1v) is 6.89. The van der Waals surface area contributed by atoms with E-state index in [1.165, 1.54) is 0 Å². The van der Waals surface area contributed by atoms with E-state index in [0.29, 0.717) is 11.9 Å². The van der Waals surface area contributed by atoms with E-state index in [2.05, 4.69) is 34.3 Å². The molecule has 0 aliphatic heterocycles. The Morgan fingerprint density at radius 3 is 2.65 bits per heavy atom. The van der Waals surface area contributed by atoms with Crippen LogP contribution in [0, 0.1) is 5.92 Å². The summed E-state index contributed by atoms with van der Waals surface area (Å²) in [5, 5.41) is 11.2. The molecule has 2 rings (SSSR count). The number of aromatic nitrogens is 3. The third-order valence-corrected chi connectivity index (χ3v) is 3.04. The van der Waals surface area contributed by atoms with Crippen molar-refractivity contribution in [3.8, 4) is 0 Å². The van der Waals surface area contributed by atoms with Crippen molar-refractivity contribution in [3.63, 3.8) is 0 Å². The van der Waals surface area contributed by atoms with Gasteiger partial charge >= 0.3 is 0 Å². The number of nitrogens with one attached hydrogen (secondary N) is 1. The Hall–Kier alpha value is -2.17. The molecule has 2 aromatic rings. The van der Waals surface area contributed by atoms with Crippen molar-refractivity contribution in [1.29, 1.82) is 0 Å². The summed E-state index contributed by atoms with van der Waals surface area (Å²) in [5.74, 6) is 2.01. The van der Waals surface area contributed by atoms with Crippen LogP contribution >= 0.6 is 0 Å². The molecule has 5 nitrogen and oxygen atoms in total. The number of nitrogens with zero attached hydrogens (tertiary/aromatic N) is 4. The van der Waals surface area contributed by atoms with Crippen LogP contribution in [0.4, 0.5) is 17.5 Å². The van der Waals surface area contributed by atoms with Gasteiger partial charge in [0.05, 0.1) is 6.20 Å². The molecule has 0 saturated carbocycles. The van der Waals surface area contributed by atoms with Gasteiger partial charge in [0.25, 0.3) is 0 Å². The van der Waals surface area contributed by atoms with Gasteiger partial charge in [0, 0.05) is 19.3 Å². The summed E-state index contributed by atoms with van der Waals surface area (Å²) in [6.07, 6.45) is 2.75. The monoisotopic (exact) mass is 271 g/mol. The molecule has 0 radical (unpaired) electrons. The Kier molecular flexibility index (Phi) is 4.87. The molecule has 0 fully saturated rings. The summed E-state index contributed by atoms with van der Waals surface area (Å²) in [5.41, 5.74) is 1.07. The molecule has 0 saturated heterocycles. The van der Waals surface area contributed by atoms with Crippen molar-refractivity contribution in [2.75, 3.05) is 23.8 Å². The molecule has 0 unspecified atom stereocenters. The predicted octanol–water partition coefficient (Wildman–Crippen LogP) is 3.10. The van der Waals surface area contributed by atoms with Crippen molar-refractivity contribution in [1.82, 2.24) is 15.2 Å². The first-order valence-electron chi connectivity index (χ1n) is 6.89. The average Bonchev–Trinajstić information content (AvgIpc) is 2.47. The highest BCUT2D eigenvalue weighted by atomic mass is 15.3. The molecule has 0 atom stereocenters. The standard InChI is InChI=1S/C15H21N5/c1-12(2)9-10-16-15-18-14(11-17-19-15)20(3)13-7-5-4-6-8-13/h4-8,11-12H,9-10H2,1-3H3,(H,16,18,19). The Labute approximate surface area is 120 Å². The minimum atomic E-state index is 0.575. The fourth-order valence-electron chi connectivity index (χ4n) is 1.79. The Morgan fingerprint density at radius 1 is 1.20 bits per heavy atom. The summed E-state index contributed by atoms with van der Waals surface area (Å²) in [6, 6.07) is 10.1. The number of hydrogen-bond donors (Lipinski definition) is 1. The van der Waals surface area contributed by atoms with Crippen LogP contribution in [-0.2, 0) is 0 Å². The van der Waals surface area contributed by atoms with E-state index < -0.39 is 0 Å². The van der Waals surface area contributed by atoms with E-state index in [4.69, 9.17) is 0 Å². The van der Waals surface area contributed by atoms with Crippen LogP contribution in [0.15, 0.2) is 36.5 Å². The maximum absolute atomic E-state index is 4.49. The predicted molar refractivity (Wildman–Crippen MR) is 82.3 cm³/mol. The lowest BCUT2D eigenvalue weighted by Crippen LogP contribution is -2.14. The van der Waals surface area contributed by atoms with E-state index in [9.17, 15) is 0 Å². The largest absolute Gasteiger partial charge is 0.353 e. The smallest absolute Gasteiger partial charge is 0.244 e. The first-order chi connectivity index (χ1) is 9.66. The number of rotatable bonds is 6. The third-order valence-electron chi connectivity index (χ3n) is 3.04. The number of para-hydroxylation sites is 1. The molecular formula is C15H21N5. The molecule has 0 spiro atoms. The molecule has 0 amide bonds. The van der Waals surface area contributed by atoms with Crippen molar-refractivity contribution < 1.29 is 0 Å². The minimum Gasteiger partial charge on any atom is -0.353 e. The SMILES string of the molecule is CC(C)CCNc1nncc(N(C)c2ccccc2)n1. The van der Waals surface area contributed by atoms with E-state index in [1.54, 1.807) is 6.20 Å². The van der Waals surface area contributed by atoms with Gasteiger partial charge in [-0.3, -0.25) is 0 Å². The van der Waals surface area contributed by atoms with Gasteiger partial charge in [0.1, 0.15) is 0 Å². The lowest BCUT2D eigenvalue weighted by molar-refractivity contribution is 0.605. The van der Waals surface area contributed by atoms with E-state index in [-0.39, 0.29) is 0 Å². The molecule has 1 aromatic carbocycles. The lowest BCUT2D eigenvalue weighted by atomic mass is 10.1. The van der Waals surface area contributed by atoms with Crippen molar-refractivity contribution in [2.24, 2.45) is 5.92 Å². The van der Waals surface area contributed by atoms with Crippen LogP contribution in [0.25, 0.3) is 0 Å². The maximum Gasteiger partial charge on any atom is 0.244 e. The summed E-state index contributed by atoms with van der Waals surface area (Å²) >= 11 is 0. The van der Waals surface area contributed by atoms with Gasteiger partial charge < -0.3 is 10.2 Å². The fourth-order valence-corrected chi connectivity index (χ4v) is 1.79. The molecule has 0 aliphatic carbocycles. The molecule has 1 N–H and O–H groups in total.